The zero-order valence-corrected chi connectivity index (χ0v) is 17.7. The van der Waals surface area contributed by atoms with Crippen LogP contribution in [0.5, 0.6) is 0 Å². The van der Waals surface area contributed by atoms with Crippen LogP contribution in [0.4, 0.5) is 11.8 Å². The van der Waals surface area contributed by atoms with Crippen molar-refractivity contribution < 1.29 is 9.90 Å². The van der Waals surface area contributed by atoms with E-state index in [4.69, 9.17) is 11.6 Å². The molecule has 0 unspecified atom stereocenters. The fourth-order valence-corrected chi connectivity index (χ4v) is 3.77. The van der Waals surface area contributed by atoms with Gasteiger partial charge in [-0.15, -0.1) is 11.8 Å². The van der Waals surface area contributed by atoms with Crippen LogP contribution in [0.2, 0.25) is 5.02 Å². The predicted molar refractivity (Wildman–Crippen MR) is 118 cm³/mol. The maximum Gasteiger partial charge on any atom is 0.342 e. The average molecular weight is 429 g/mol. The molecule has 0 aliphatic heterocycles. The lowest BCUT2D eigenvalue weighted by Gasteiger charge is -2.17. The number of benzene rings is 2. The number of carbonyl (C=O) groups is 1. The first-order valence-corrected chi connectivity index (χ1v) is 10.3. The summed E-state index contributed by atoms with van der Waals surface area (Å²) in [7, 11) is 3.64. The van der Waals surface area contributed by atoms with E-state index in [1.54, 1.807) is 11.0 Å². The maximum atomic E-state index is 12.0. The van der Waals surface area contributed by atoms with E-state index in [0.29, 0.717) is 28.3 Å². The van der Waals surface area contributed by atoms with Crippen LogP contribution >= 0.6 is 23.4 Å². The second kappa shape index (κ2) is 9.62. The number of nitrogens with zero attached hydrogens (tertiary/aromatic N) is 3. The molecule has 0 spiro atoms. The molecule has 1 heterocycles. The predicted octanol–water partition coefficient (Wildman–Crippen LogP) is 4.80. The molecule has 3 rings (SSSR count). The van der Waals surface area contributed by atoms with Crippen molar-refractivity contribution in [3.63, 3.8) is 0 Å². The zero-order chi connectivity index (χ0) is 20.8. The third-order valence-corrected chi connectivity index (χ3v) is 5.52. The smallest absolute Gasteiger partial charge is 0.342 e. The second-order valence-electron chi connectivity index (χ2n) is 6.47. The van der Waals surface area contributed by atoms with E-state index in [1.165, 1.54) is 11.8 Å². The summed E-state index contributed by atoms with van der Waals surface area (Å²) in [5.41, 5.74) is 2.00. The fraction of sp³-hybridized carbons (Fsp3) is 0.190. The first kappa shape index (κ1) is 21.0. The van der Waals surface area contributed by atoms with Gasteiger partial charge in [0.15, 0.2) is 0 Å². The minimum Gasteiger partial charge on any atom is -0.477 e. The van der Waals surface area contributed by atoms with Crippen molar-refractivity contribution in [2.75, 3.05) is 24.3 Å². The van der Waals surface area contributed by atoms with Crippen molar-refractivity contribution in [3.05, 3.63) is 76.3 Å². The Hall–Kier alpha value is -2.77. The van der Waals surface area contributed by atoms with Crippen LogP contribution in [0.15, 0.2) is 59.6 Å². The van der Waals surface area contributed by atoms with E-state index in [-0.39, 0.29) is 11.4 Å². The van der Waals surface area contributed by atoms with Crippen molar-refractivity contribution in [2.24, 2.45) is 0 Å². The van der Waals surface area contributed by atoms with Gasteiger partial charge in [-0.05, 0) is 17.2 Å². The van der Waals surface area contributed by atoms with Gasteiger partial charge in [-0.1, -0.05) is 60.1 Å². The molecule has 0 aliphatic rings. The molecule has 0 bridgehead atoms. The quantitative estimate of drug-likeness (QED) is 0.394. The summed E-state index contributed by atoms with van der Waals surface area (Å²) in [5.74, 6) is 0.237. The highest BCUT2D eigenvalue weighted by molar-refractivity contribution is 7.98. The molecule has 2 aromatic carbocycles. The van der Waals surface area contributed by atoms with E-state index in [1.807, 2.05) is 62.6 Å². The monoisotopic (exact) mass is 428 g/mol. The molecule has 0 amide bonds. The summed E-state index contributed by atoms with van der Waals surface area (Å²) in [6.45, 7) is 0.354. The minimum absolute atomic E-state index is 0.0589. The SMILES string of the molecule is CN(C)c1nc(NCc2ccccc2Cl)c(C(=O)O)c(SCc2ccccc2)n1. The number of aromatic nitrogens is 2. The molecular weight excluding hydrogens is 408 g/mol. The van der Waals surface area contributed by atoms with Crippen LogP contribution in [0.25, 0.3) is 0 Å². The van der Waals surface area contributed by atoms with E-state index in [9.17, 15) is 9.90 Å². The van der Waals surface area contributed by atoms with Crippen molar-refractivity contribution in [1.29, 1.82) is 0 Å². The highest BCUT2D eigenvalue weighted by atomic mass is 35.5. The van der Waals surface area contributed by atoms with Gasteiger partial charge in [0, 0.05) is 31.4 Å². The van der Waals surface area contributed by atoms with Crippen molar-refractivity contribution in [3.8, 4) is 0 Å². The number of aromatic carboxylic acids is 1. The second-order valence-corrected chi connectivity index (χ2v) is 7.84. The first-order chi connectivity index (χ1) is 14.0. The van der Waals surface area contributed by atoms with E-state index < -0.39 is 5.97 Å². The molecule has 0 aliphatic carbocycles. The standard InChI is InChI=1S/C21H21ClN4O2S/c1-26(2)21-24-18(23-12-15-10-6-7-11-16(15)22)17(20(27)28)19(25-21)29-13-14-8-4-3-5-9-14/h3-11H,12-13H2,1-2H3,(H,27,28)(H,23,24,25). The van der Waals surface area contributed by atoms with Crippen molar-refractivity contribution in [1.82, 2.24) is 9.97 Å². The molecule has 8 heteroatoms. The average Bonchev–Trinajstić information content (AvgIpc) is 2.71. The number of hydrogen-bond acceptors (Lipinski definition) is 6. The van der Waals surface area contributed by atoms with E-state index in [2.05, 4.69) is 15.3 Å². The number of anilines is 2. The number of halogens is 1. The molecule has 0 fully saturated rings. The summed E-state index contributed by atoms with van der Waals surface area (Å²) in [4.78, 5) is 22.7. The summed E-state index contributed by atoms with van der Waals surface area (Å²) in [6, 6.07) is 17.3. The number of carboxylic acid groups (broad SMARTS) is 1. The Kier molecular flexibility index (Phi) is 6.95. The van der Waals surface area contributed by atoms with Gasteiger partial charge in [-0.25, -0.2) is 9.78 Å². The lowest BCUT2D eigenvalue weighted by molar-refractivity contribution is 0.0693. The third kappa shape index (κ3) is 5.40. The highest BCUT2D eigenvalue weighted by Crippen LogP contribution is 2.31. The Labute approximate surface area is 179 Å². The topological polar surface area (TPSA) is 78.4 Å². The molecule has 29 heavy (non-hydrogen) atoms. The van der Waals surface area contributed by atoms with Gasteiger partial charge >= 0.3 is 5.97 Å². The lowest BCUT2D eigenvalue weighted by atomic mass is 10.2. The molecule has 0 radical (unpaired) electrons. The zero-order valence-electron chi connectivity index (χ0n) is 16.1. The first-order valence-electron chi connectivity index (χ1n) is 8.92. The third-order valence-electron chi connectivity index (χ3n) is 4.10. The normalized spacial score (nSPS) is 10.6. The number of rotatable bonds is 8. The fourth-order valence-electron chi connectivity index (χ4n) is 2.60. The van der Waals surface area contributed by atoms with Crippen LogP contribution in [-0.2, 0) is 12.3 Å². The van der Waals surface area contributed by atoms with Crippen LogP contribution < -0.4 is 10.2 Å². The number of thioether (sulfide) groups is 1. The molecule has 6 nitrogen and oxygen atoms in total. The van der Waals surface area contributed by atoms with Gasteiger partial charge in [0.05, 0.1) is 0 Å². The van der Waals surface area contributed by atoms with Gasteiger partial charge in [0.2, 0.25) is 5.95 Å². The van der Waals surface area contributed by atoms with E-state index >= 15 is 0 Å². The van der Waals surface area contributed by atoms with Crippen LogP contribution in [0.3, 0.4) is 0 Å². The van der Waals surface area contributed by atoms with Crippen LogP contribution in [0.1, 0.15) is 21.5 Å². The number of carboxylic acids is 1. The summed E-state index contributed by atoms with van der Waals surface area (Å²) < 4.78 is 0. The maximum absolute atomic E-state index is 12.0. The molecule has 0 saturated heterocycles. The summed E-state index contributed by atoms with van der Waals surface area (Å²) in [6.07, 6.45) is 0. The molecule has 1 aromatic heterocycles. The largest absolute Gasteiger partial charge is 0.477 e. The Balaban J connectivity index is 1.93. The summed E-state index contributed by atoms with van der Waals surface area (Å²) in [5, 5.41) is 14.0. The summed E-state index contributed by atoms with van der Waals surface area (Å²) >= 11 is 7.60. The number of hydrogen-bond donors (Lipinski definition) is 2. The van der Waals surface area contributed by atoms with Crippen molar-refractivity contribution in [2.45, 2.75) is 17.3 Å². The molecule has 150 valence electrons. The molecular formula is C21H21ClN4O2S. The minimum atomic E-state index is -1.08. The van der Waals surface area contributed by atoms with E-state index in [0.717, 1.165) is 11.1 Å². The Morgan fingerprint density at radius 3 is 2.45 bits per heavy atom. The Morgan fingerprint density at radius 1 is 1.10 bits per heavy atom. The lowest BCUT2D eigenvalue weighted by Crippen LogP contribution is -2.18. The number of nitrogens with one attached hydrogen (secondary N) is 1. The van der Waals surface area contributed by atoms with Crippen LogP contribution in [-0.4, -0.2) is 35.1 Å². The van der Waals surface area contributed by atoms with Gasteiger partial charge in [0.1, 0.15) is 16.4 Å². The molecule has 0 atom stereocenters. The Morgan fingerprint density at radius 2 is 1.79 bits per heavy atom. The van der Waals surface area contributed by atoms with Gasteiger partial charge in [-0.2, -0.15) is 4.98 Å². The molecule has 2 N–H and O–H groups in total. The molecule has 0 saturated carbocycles. The van der Waals surface area contributed by atoms with Gasteiger partial charge < -0.3 is 15.3 Å². The van der Waals surface area contributed by atoms with Gasteiger partial charge in [-0.3, -0.25) is 0 Å². The van der Waals surface area contributed by atoms with Crippen LogP contribution in [0, 0.1) is 0 Å². The van der Waals surface area contributed by atoms with Crippen molar-refractivity contribution >= 4 is 41.1 Å². The molecule has 3 aromatic rings. The van der Waals surface area contributed by atoms with Gasteiger partial charge in [0.25, 0.3) is 0 Å². The highest BCUT2D eigenvalue weighted by Gasteiger charge is 2.22. The Bertz CT molecular complexity index is 999.